The molecule has 80 valence electrons. The minimum Gasteiger partial charge on any atom is -0.396 e. The van der Waals surface area contributed by atoms with Crippen LogP contribution in [0.4, 0.5) is 0 Å². The van der Waals surface area contributed by atoms with Crippen LogP contribution in [0.15, 0.2) is 0 Å². The number of aliphatic hydroxyl groups excluding tert-OH is 1. The van der Waals surface area contributed by atoms with Gasteiger partial charge in [-0.2, -0.15) is 5.10 Å². The molecule has 1 aromatic rings. The lowest BCUT2D eigenvalue weighted by atomic mass is 10.2. The second-order valence-corrected chi connectivity index (χ2v) is 3.80. The number of rotatable bonds is 5. The number of hydrogen-bond donors (Lipinski definition) is 1. The normalized spacial score (nSPS) is 10.9. The van der Waals surface area contributed by atoms with Gasteiger partial charge in [-0.25, -0.2) is 0 Å². The van der Waals surface area contributed by atoms with Gasteiger partial charge < -0.3 is 5.11 Å². The van der Waals surface area contributed by atoms with E-state index in [-0.39, 0.29) is 0 Å². The van der Waals surface area contributed by atoms with E-state index in [4.69, 9.17) is 5.11 Å². The first kappa shape index (κ1) is 11.2. The molecule has 0 aliphatic heterocycles. The summed E-state index contributed by atoms with van der Waals surface area (Å²) >= 11 is 0. The van der Waals surface area contributed by atoms with Crippen molar-refractivity contribution in [1.29, 1.82) is 0 Å². The van der Waals surface area contributed by atoms with Crippen molar-refractivity contribution in [2.75, 3.05) is 6.61 Å². The molecule has 1 N–H and O–H groups in total. The highest BCUT2D eigenvalue weighted by molar-refractivity contribution is 5.21. The van der Waals surface area contributed by atoms with Gasteiger partial charge in [-0.05, 0) is 45.6 Å². The Kier molecular flexibility index (Phi) is 4.14. The van der Waals surface area contributed by atoms with Crippen molar-refractivity contribution in [2.24, 2.45) is 0 Å². The molecule has 0 radical (unpaired) electrons. The van der Waals surface area contributed by atoms with E-state index in [1.54, 1.807) is 0 Å². The van der Waals surface area contributed by atoms with E-state index < -0.39 is 0 Å². The van der Waals surface area contributed by atoms with Crippen LogP contribution in [0.3, 0.4) is 0 Å². The van der Waals surface area contributed by atoms with E-state index in [1.165, 1.54) is 11.3 Å². The van der Waals surface area contributed by atoms with E-state index in [0.29, 0.717) is 6.61 Å². The summed E-state index contributed by atoms with van der Waals surface area (Å²) in [5.74, 6) is 0. The first-order chi connectivity index (χ1) is 6.66. The van der Waals surface area contributed by atoms with Gasteiger partial charge in [0.15, 0.2) is 0 Å². The predicted octanol–water partition coefficient (Wildman–Crippen LogP) is 1.97. The Balaban J connectivity index is 2.47. The van der Waals surface area contributed by atoms with Crippen LogP contribution in [-0.4, -0.2) is 21.5 Å². The maximum absolute atomic E-state index is 8.64. The molecule has 0 spiro atoms. The Morgan fingerprint density at radius 2 is 1.86 bits per heavy atom. The number of hydrogen-bond acceptors (Lipinski definition) is 2. The SMILES string of the molecule is Cc1nn(CCCCCO)c(C)c1C. The topological polar surface area (TPSA) is 38.0 Å². The molecule has 0 fully saturated rings. The maximum atomic E-state index is 8.64. The average molecular weight is 196 g/mol. The van der Waals surface area contributed by atoms with Crippen molar-refractivity contribution in [3.05, 3.63) is 17.0 Å². The summed E-state index contributed by atoms with van der Waals surface area (Å²) in [7, 11) is 0. The second kappa shape index (κ2) is 5.15. The highest BCUT2D eigenvalue weighted by Crippen LogP contribution is 2.11. The molecule has 3 nitrogen and oxygen atoms in total. The highest BCUT2D eigenvalue weighted by Gasteiger charge is 2.05. The third-order valence-electron chi connectivity index (χ3n) is 2.77. The summed E-state index contributed by atoms with van der Waals surface area (Å²) in [5.41, 5.74) is 3.70. The molecule has 0 unspecified atom stereocenters. The summed E-state index contributed by atoms with van der Waals surface area (Å²) in [6.45, 7) is 7.55. The summed E-state index contributed by atoms with van der Waals surface area (Å²) in [6, 6.07) is 0. The standard InChI is InChI=1S/C11H20N2O/c1-9-10(2)12-13(11(9)3)7-5-4-6-8-14/h14H,4-8H2,1-3H3. The van der Waals surface area contributed by atoms with Crippen molar-refractivity contribution in [2.45, 2.75) is 46.6 Å². The van der Waals surface area contributed by atoms with Gasteiger partial charge in [0, 0.05) is 18.8 Å². The third kappa shape index (κ3) is 2.58. The molecule has 0 saturated carbocycles. The largest absolute Gasteiger partial charge is 0.396 e. The molecule has 0 saturated heterocycles. The van der Waals surface area contributed by atoms with Gasteiger partial charge in [0.25, 0.3) is 0 Å². The zero-order valence-electron chi connectivity index (χ0n) is 9.38. The fourth-order valence-corrected chi connectivity index (χ4v) is 1.55. The van der Waals surface area contributed by atoms with Gasteiger partial charge >= 0.3 is 0 Å². The molecule has 1 rings (SSSR count). The lowest BCUT2D eigenvalue weighted by Crippen LogP contribution is -2.03. The van der Waals surface area contributed by atoms with E-state index >= 15 is 0 Å². The van der Waals surface area contributed by atoms with Gasteiger partial charge in [0.2, 0.25) is 0 Å². The van der Waals surface area contributed by atoms with Crippen molar-refractivity contribution < 1.29 is 5.11 Å². The average Bonchev–Trinajstić information content (AvgIpc) is 2.41. The summed E-state index contributed by atoms with van der Waals surface area (Å²) < 4.78 is 2.07. The molecule has 14 heavy (non-hydrogen) atoms. The van der Waals surface area contributed by atoms with Crippen molar-refractivity contribution in [3.63, 3.8) is 0 Å². The maximum Gasteiger partial charge on any atom is 0.0625 e. The van der Waals surface area contributed by atoms with Gasteiger partial charge in [-0.15, -0.1) is 0 Å². The molecule has 0 aliphatic rings. The van der Waals surface area contributed by atoms with Crippen molar-refractivity contribution in [3.8, 4) is 0 Å². The van der Waals surface area contributed by atoms with E-state index in [0.717, 1.165) is 31.5 Å². The van der Waals surface area contributed by atoms with Crippen LogP contribution in [0.1, 0.15) is 36.2 Å². The first-order valence-corrected chi connectivity index (χ1v) is 5.28. The highest BCUT2D eigenvalue weighted by atomic mass is 16.2. The molecule has 0 amide bonds. The van der Waals surface area contributed by atoms with Crippen LogP contribution in [-0.2, 0) is 6.54 Å². The Labute approximate surface area is 85.8 Å². The molecule has 0 aromatic carbocycles. The van der Waals surface area contributed by atoms with Crippen LogP contribution >= 0.6 is 0 Å². The zero-order chi connectivity index (χ0) is 10.6. The number of unbranched alkanes of at least 4 members (excludes halogenated alkanes) is 2. The summed E-state index contributed by atoms with van der Waals surface area (Å²) in [6.07, 6.45) is 3.08. The molecule has 1 heterocycles. The quantitative estimate of drug-likeness (QED) is 0.731. The molecular weight excluding hydrogens is 176 g/mol. The van der Waals surface area contributed by atoms with Crippen LogP contribution in [0.25, 0.3) is 0 Å². The van der Waals surface area contributed by atoms with Crippen molar-refractivity contribution in [1.82, 2.24) is 9.78 Å². The minimum absolute atomic E-state index is 0.302. The van der Waals surface area contributed by atoms with E-state index in [9.17, 15) is 0 Å². The molecule has 0 aliphatic carbocycles. The van der Waals surface area contributed by atoms with Gasteiger partial charge in [0.1, 0.15) is 0 Å². The Morgan fingerprint density at radius 3 is 2.36 bits per heavy atom. The van der Waals surface area contributed by atoms with Gasteiger partial charge in [-0.3, -0.25) is 4.68 Å². The fourth-order valence-electron chi connectivity index (χ4n) is 1.55. The van der Waals surface area contributed by atoms with Gasteiger partial charge in [-0.1, -0.05) is 0 Å². The van der Waals surface area contributed by atoms with Gasteiger partial charge in [0.05, 0.1) is 5.69 Å². The monoisotopic (exact) mass is 196 g/mol. The number of aromatic nitrogens is 2. The smallest absolute Gasteiger partial charge is 0.0625 e. The molecule has 3 heteroatoms. The lowest BCUT2D eigenvalue weighted by Gasteiger charge is -2.03. The Bertz CT molecular complexity index is 292. The van der Waals surface area contributed by atoms with Crippen LogP contribution in [0.5, 0.6) is 0 Å². The minimum atomic E-state index is 0.302. The van der Waals surface area contributed by atoms with Crippen LogP contribution < -0.4 is 0 Å². The van der Waals surface area contributed by atoms with E-state index in [2.05, 4.69) is 23.6 Å². The Hall–Kier alpha value is -0.830. The third-order valence-corrected chi connectivity index (χ3v) is 2.77. The van der Waals surface area contributed by atoms with Crippen LogP contribution in [0, 0.1) is 20.8 Å². The molecular formula is C11H20N2O. The fraction of sp³-hybridized carbons (Fsp3) is 0.727. The zero-order valence-corrected chi connectivity index (χ0v) is 9.38. The second-order valence-electron chi connectivity index (χ2n) is 3.80. The predicted molar refractivity (Wildman–Crippen MR) is 57.4 cm³/mol. The molecule has 1 aromatic heterocycles. The molecule has 0 atom stereocenters. The van der Waals surface area contributed by atoms with E-state index in [1.807, 2.05) is 6.92 Å². The molecule has 0 bridgehead atoms. The number of aryl methyl sites for hydroxylation is 2. The number of nitrogens with zero attached hydrogens (tertiary/aromatic N) is 2. The summed E-state index contributed by atoms with van der Waals surface area (Å²) in [5, 5.41) is 13.1. The summed E-state index contributed by atoms with van der Waals surface area (Å²) in [4.78, 5) is 0. The Morgan fingerprint density at radius 1 is 1.14 bits per heavy atom. The van der Waals surface area contributed by atoms with Crippen molar-refractivity contribution >= 4 is 0 Å². The van der Waals surface area contributed by atoms with Crippen LogP contribution in [0.2, 0.25) is 0 Å². The number of aliphatic hydroxyl groups is 1. The lowest BCUT2D eigenvalue weighted by molar-refractivity contribution is 0.281. The first-order valence-electron chi connectivity index (χ1n) is 5.28.